The maximum atomic E-state index is 12.0. The van der Waals surface area contributed by atoms with E-state index in [0.717, 1.165) is 12.8 Å². The summed E-state index contributed by atoms with van der Waals surface area (Å²) in [5.74, 6) is -0.0418. The number of aromatic amines is 1. The van der Waals surface area contributed by atoms with Crippen molar-refractivity contribution in [3.8, 4) is 0 Å². The Balaban J connectivity index is 2.07. The van der Waals surface area contributed by atoms with E-state index in [-0.39, 0.29) is 16.8 Å². The van der Waals surface area contributed by atoms with Crippen LogP contribution in [-0.2, 0) is 0 Å². The van der Waals surface area contributed by atoms with Gasteiger partial charge in [-0.05, 0) is 18.9 Å². The van der Waals surface area contributed by atoms with E-state index in [9.17, 15) is 9.59 Å². The molecular formula is C11H13ClN2O2. The standard InChI is InChI=1S/C11H13ClN2O2/c12-9-3-5-14(6-4-9)11(16)8-1-2-10(15)13-7-8/h1-2,7,9H,3-6H2,(H,13,15). The van der Waals surface area contributed by atoms with E-state index in [1.807, 2.05) is 0 Å². The van der Waals surface area contributed by atoms with Crippen molar-refractivity contribution in [2.45, 2.75) is 18.2 Å². The summed E-state index contributed by atoms with van der Waals surface area (Å²) in [7, 11) is 0. The minimum absolute atomic E-state index is 0.0418. The number of alkyl halides is 1. The third-order valence-corrected chi connectivity index (χ3v) is 3.18. The molecule has 0 aliphatic carbocycles. The number of nitrogens with zero attached hydrogens (tertiary/aromatic N) is 1. The lowest BCUT2D eigenvalue weighted by atomic mass is 10.1. The van der Waals surface area contributed by atoms with Crippen LogP contribution in [-0.4, -0.2) is 34.3 Å². The molecule has 0 unspecified atom stereocenters. The van der Waals surface area contributed by atoms with Crippen molar-refractivity contribution < 1.29 is 4.79 Å². The molecule has 1 N–H and O–H groups in total. The van der Waals surface area contributed by atoms with Crippen LogP contribution in [0, 0.1) is 0 Å². The Labute approximate surface area is 98.2 Å². The van der Waals surface area contributed by atoms with Crippen LogP contribution in [0.15, 0.2) is 23.1 Å². The fourth-order valence-electron chi connectivity index (χ4n) is 1.78. The second kappa shape index (κ2) is 4.70. The van der Waals surface area contributed by atoms with Gasteiger partial charge in [-0.2, -0.15) is 0 Å². The molecule has 2 heterocycles. The van der Waals surface area contributed by atoms with E-state index < -0.39 is 0 Å². The van der Waals surface area contributed by atoms with E-state index >= 15 is 0 Å². The van der Waals surface area contributed by atoms with Gasteiger partial charge in [0.1, 0.15) is 0 Å². The van der Waals surface area contributed by atoms with Gasteiger partial charge in [0.05, 0.1) is 5.56 Å². The molecule has 0 bridgehead atoms. The maximum Gasteiger partial charge on any atom is 0.255 e. The van der Waals surface area contributed by atoms with E-state index in [2.05, 4.69) is 4.98 Å². The van der Waals surface area contributed by atoms with Crippen LogP contribution in [0.3, 0.4) is 0 Å². The van der Waals surface area contributed by atoms with Gasteiger partial charge in [0.15, 0.2) is 0 Å². The van der Waals surface area contributed by atoms with Gasteiger partial charge in [0.2, 0.25) is 5.56 Å². The van der Waals surface area contributed by atoms with Crippen LogP contribution >= 0.6 is 11.6 Å². The Morgan fingerprint density at radius 3 is 2.62 bits per heavy atom. The Kier molecular flexibility index (Phi) is 3.29. The molecule has 4 nitrogen and oxygen atoms in total. The van der Waals surface area contributed by atoms with Crippen LogP contribution in [0.1, 0.15) is 23.2 Å². The average Bonchev–Trinajstić information content (AvgIpc) is 2.30. The van der Waals surface area contributed by atoms with E-state index in [1.165, 1.54) is 12.3 Å². The monoisotopic (exact) mass is 240 g/mol. The molecule has 0 spiro atoms. The number of hydrogen-bond donors (Lipinski definition) is 1. The first-order valence-corrected chi connectivity index (χ1v) is 5.72. The normalized spacial score (nSPS) is 17.4. The molecule has 1 amide bonds. The largest absolute Gasteiger partial charge is 0.338 e. The first-order chi connectivity index (χ1) is 7.66. The topological polar surface area (TPSA) is 53.2 Å². The summed E-state index contributed by atoms with van der Waals surface area (Å²) in [4.78, 5) is 27.1. The minimum atomic E-state index is -0.198. The van der Waals surface area contributed by atoms with Gasteiger partial charge in [-0.3, -0.25) is 9.59 Å². The quantitative estimate of drug-likeness (QED) is 0.751. The van der Waals surface area contributed by atoms with E-state index in [4.69, 9.17) is 11.6 Å². The van der Waals surface area contributed by atoms with Crippen LogP contribution in [0.4, 0.5) is 0 Å². The number of amides is 1. The van der Waals surface area contributed by atoms with Gasteiger partial charge in [-0.15, -0.1) is 11.6 Å². The molecule has 1 saturated heterocycles. The maximum absolute atomic E-state index is 12.0. The summed E-state index contributed by atoms with van der Waals surface area (Å²) in [5.41, 5.74) is 0.323. The molecule has 1 aliphatic rings. The van der Waals surface area contributed by atoms with Crippen LogP contribution in [0.5, 0.6) is 0 Å². The highest BCUT2D eigenvalue weighted by molar-refractivity contribution is 6.20. The number of rotatable bonds is 1. The summed E-state index contributed by atoms with van der Waals surface area (Å²) in [6.07, 6.45) is 3.12. The van der Waals surface area contributed by atoms with Crippen molar-refractivity contribution in [2.75, 3.05) is 13.1 Å². The molecule has 2 rings (SSSR count). The average molecular weight is 241 g/mol. The molecule has 0 radical (unpaired) electrons. The highest BCUT2D eigenvalue weighted by Gasteiger charge is 2.22. The number of carbonyl (C=O) groups excluding carboxylic acids is 1. The van der Waals surface area contributed by atoms with Gasteiger partial charge < -0.3 is 9.88 Å². The zero-order valence-corrected chi connectivity index (χ0v) is 9.54. The minimum Gasteiger partial charge on any atom is -0.338 e. The highest BCUT2D eigenvalue weighted by atomic mass is 35.5. The lowest BCUT2D eigenvalue weighted by molar-refractivity contribution is 0.0726. The fraction of sp³-hybridized carbons (Fsp3) is 0.455. The van der Waals surface area contributed by atoms with Gasteiger partial charge >= 0.3 is 0 Å². The highest BCUT2D eigenvalue weighted by Crippen LogP contribution is 2.17. The molecule has 0 saturated carbocycles. The second-order valence-corrected chi connectivity index (χ2v) is 4.53. The molecule has 86 valence electrons. The fourth-order valence-corrected chi connectivity index (χ4v) is 1.97. The number of likely N-dealkylation sites (tertiary alicyclic amines) is 1. The molecule has 1 fully saturated rings. The number of pyridine rings is 1. The first-order valence-electron chi connectivity index (χ1n) is 5.29. The van der Waals surface area contributed by atoms with Crippen LogP contribution < -0.4 is 5.56 Å². The smallest absolute Gasteiger partial charge is 0.255 e. The zero-order chi connectivity index (χ0) is 11.5. The number of piperidine rings is 1. The van der Waals surface area contributed by atoms with Crippen molar-refractivity contribution in [3.63, 3.8) is 0 Å². The number of carbonyl (C=O) groups is 1. The predicted octanol–water partition coefficient (Wildman–Crippen LogP) is 1.22. The van der Waals surface area contributed by atoms with Crippen molar-refractivity contribution in [3.05, 3.63) is 34.2 Å². The summed E-state index contributed by atoms with van der Waals surface area (Å²) in [6, 6.07) is 2.91. The molecule has 1 aromatic rings. The number of halogens is 1. The number of nitrogens with one attached hydrogen (secondary N) is 1. The summed E-state index contributed by atoms with van der Waals surface area (Å²) < 4.78 is 0. The van der Waals surface area contributed by atoms with Crippen molar-refractivity contribution in [1.82, 2.24) is 9.88 Å². The Morgan fingerprint density at radius 2 is 2.06 bits per heavy atom. The Bertz CT molecular complexity index is 415. The second-order valence-electron chi connectivity index (χ2n) is 3.91. The van der Waals surface area contributed by atoms with Gasteiger partial charge in [0, 0.05) is 30.7 Å². The summed E-state index contributed by atoms with van der Waals surface area (Å²) in [6.45, 7) is 1.37. The Morgan fingerprint density at radius 1 is 1.38 bits per heavy atom. The third-order valence-electron chi connectivity index (χ3n) is 2.74. The van der Waals surface area contributed by atoms with Gasteiger partial charge in [0.25, 0.3) is 5.91 Å². The van der Waals surface area contributed by atoms with Gasteiger partial charge in [-0.1, -0.05) is 0 Å². The summed E-state index contributed by atoms with van der Waals surface area (Å²) >= 11 is 5.97. The van der Waals surface area contributed by atoms with E-state index in [1.54, 1.807) is 11.0 Å². The lowest BCUT2D eigenvalue weighted by Crippen LogP contribution is -2.38. The number of hydrogen-bond acceptors (Lipinski definition) is 2. The van der Waals surface area contributed by atoms with Crippen molar-refractivity contribution in [1.29, 1.82) is 0 Å². The lowest BCUT2D eigenvalue weighted by Gasteiger charge is -2.29. The molecule has 1 aromatic heterocycles. The molecule has 0 atom stereocenters. The third kappa shape index (κ3) is 2.44. The number of aromatic nitrogens is 1. The Hall–Kier alpha value is -1.29. The van der Waals surface area contributed by atoms with Gasteiger partial charge in [-0.25, -0.2) is 0 Å². The first kappa shape index (κ1) is 11.2. The van der Waals surface area contributed by atoms with Crippen molar-refractivity contribution >= 4 is 17.5 Å². The van der Waals surface area contributed by atoms with Crippen LogP contribution in [0.2, 0.25) is 0 Å². The molecule has 16 heavy (non-hydrogen) atoms. The van der Waals surface area contributed by atoms with Crippen LogP contribution in [0.25, 0.3) is 0 Å². The predicted molar refractivity (Wildman–Crippen MR) is 61.8 cm³/mol. The van der Waals surface area contributed by atoms with Crippen molar-refractivity contribution in [2.24, 2.45) is 0 Å². The summed E-state index contributed by atoms with van der Waals surface area (Å²) in [5, 5.41) is 0.180. The SMILES string of the molecule is O=C(c1ccc(=O)[nH]c1)N1CCC(Cl)CC1. The molecule has 0 aromatic carbocycles. The van der Waals surface area contributed by atoms with E-state index in [0.29, 0.717) is 18.7 Å². The molecular weight excluding hydrogens is 228 g/mol. The molecule has 1 aliphatic heterocycles. The number of H-pyrrole nitrogens is 1. The molecule has 5 heteroatoms. The zero-order valence-electron chi connectivity index (χ0n) is 8.78.